The molecule has 0 radical (unpaired) electrons. The van der Waals surface area contributed by atoms with Gasteiger partial charge in [-0.05, 0) is 0 Å². The average molecular weight is 258 g/mol. The first kappa shape index (κ1) is 8.32. The summed E-state index contributed by atoms with van der Waals surface area (Å²) >= 11 is -1.82. The first-order valence-electron chi connectivity index (χ1n) is 2.93. The molecule has 56 valence electrons. The van der Waals surface area contributed by atoms with Gasteiger partial charge < -0.3 is 0 Å². The molecule has 0 unspecified atom stereocenters. The van der Waals surface area contributed by atoms with Crippen molar-refractivity contribution >= 4 is 30.4 Å². The summed E-state index contributed by atoms with van der Waals surface area (Å²) in [6.07, 6.45) is 0. The van der Waals surface area contributed by atoms with Crippen LogP contribution in [0.3, 0.4) is 0 Å². The van der Waals surface area contributed by atoms with Gasteiger partial charge in [0.1, 0.15) is 0 Å². The molecule has 0 aliphatic rings. The topological polar surface area (TPSA) is 60.2 Å². The predicted octanol–water partition coefficient (Wildman–Crippen LogP) is 0.00210. The van der Waals surface area contributed by atoms with Crippen LogP contribution in [-0.4, -0.2) is 26.1 Å². The van der Waals surface area contributed by atoms with Crippen LogP contribution in [0.5, 0.6) is 0 Å². The number of nitro groups is 1. The van der Waals surface area contributed by atoms with Crippen LogP contribution >= 0.6 is 0 Å². The molecule has 1 rings (SSSR count). The van der Waals surface area contributed by atoms with Gasteiger partial charge in [0.25, 0.3) is 0 Å². The standard InChI is InChI=1S/C6H4NO2.O.Sn.H/c8-7(9)6-4-2-1-3-5-6;;;/h2-5H;;;. The molecule has 0 amide bonds. The van der Waals surface area contributed by atoms with E-state index >= 15 is 0 Å². The predicted molar refractivity (Wildman–Crippen MR) is 40.6 cm³/mol. The third-order valence-electron chi connectivity index (χ3n) is 1.24. The number of rotatable bonds is 2. The number of nitrogens with zero attached hydrogens (tertiary/aromatic N) is 1. The van der Waals surface area contributed by atoms with Crippen LogP contribution in [0, 0.1) is 10.1 Å². The summed E-state index contributed by atoms with van der Waals surface area (Å²) in [5.74, 6) is 0. The van der Waals surface area contributed by atoms with Crippen LogP contribution in [0.1, 0.15) is 0 Å². The molecule has 1 aromatic carbocycles. The Labute approximate surface area is 73.0 Å². The fraction of sp³-hybridized carbons (Fsp3) is 0. The van der Waals surface area contributed by atoms with Crippen molar-refractivity contribution in [3.8, 4) is 0 Å². The van der Waals surface area contributed by atoms with E-state index in [1.807, 2.05) is 0 Å². The molecule has 1 aromatic rings. The Balaban J connectivity index is 3.00. The fourth-order valence-electron chi connectivity index (χ4n) is 0.675. The minimum absolute atomic E-state index is 0.0463. The molecule has 0 heterocycles. The van der Waals surface area contributed by atoms with Gasteiger partial charge in [0.05, 0.1) is 0 Å². The SMILES string of the molecule is [O]=[SnH][c]1ccc([N+](=O)[O-])cc1. The van der Waals surface area contributed by atoms with Gasteiger partial charge in [-0.3, -0.25) is 0 Å². The van der Waals surface area contributed by atoms with Gasteiger partial charge in [0.2, 0.25) is 0 Å². The summed E-state index contributed by atoms with van der Waals surface area (Å²) in [7, 11) is 0. The van der Waals surface area contributed by atoms with E-state index in [1.54, 1.807) is 12.1 Å². The van der Waals surface area contributed by atoms with Crippen molar-refractivity contribution in [3.63, 3.8) is 0 Å². The van der Waals surface area contributed by atoms with Crippen LogP contribution in [0.25, 0.3) is 0 Å². The summed E-state index contributed by atoms with van der Waals surface area (Å²) < 4.78 is 11.2. The van der Waals surface area contributed by atoms with Crippen molar-refractivity contribution in [3.05, 3.63) is 34.4 Å². The van der Waals surface area contributed by atoms with E-state index in [9.17, 15) is 13.2 Å². The zero-order valence-electron chi connectivity index (χ0n) is 5.56. The van der Waals surface area contributed by atoms with Crippen molar-refractivity contribution in [2.75, 3.05) is 0 Å². The summed E-state index contributed by atoms with van der Waals surface area (Å²) in [5.41, 5.74) is 0.0463. The normalized spacial score (nSPS) is 9.09. The Hall–Kier alpha value is -0.781. The summed E-state index contributed by atoms with van der Waals surface area (Å²) in [6.45, 7) is 0. The monoisotopic (exact) mass is 259 g/mol. The zero-order chi connectivity index (χ0) is 8.27. The number of nitro benzene ring substituents is 1. The molecule has 0 fully saturated rings. The molecule has 0 bridgehead atoms. The van der Waals surface area contributed by atoms with Crippen LogP contribution in [0.15, 0.2) is 24.3 Å². The molecule has 0 atom stereocenters. The van der Waals surface area contributed by atoms with Gasteiger partial charge in [0, 0.05) is 0 Å². The van der Waals surface area contributed by atoms with Gasteiger partial charge in [-0.25, -0.2) is 0 Å². The van der Waals surface area contributed by atoms with Crippen LogP contribution in [0.4, 0.5) is 5.69 Å². The van der Waals surface area contributed by atoms with Gasteiger partial charge in [-0.2, -0.15) is 0 Å². The van der Waals surface area contributed by atoms with E-state index in [2.05, 4.69) is 0 Å². The second-order valence-corrected chi connectivity index (χ2v) is 4.54. The second-order valence-electron chi connectivity index (χ2n) is 1.97. The number of hydrogen-bond donors (Lipinski definition) is 0. The molecule has 0 spiro atoms. The Bertz CT molecular complexity index is 282. The maximum absolute atomic E-state index is 10.4. The first-order valence-corrected chi connectivity index (χ1v) is 5.93. The third-order valence-corrected chi connectivity index (χ3v) is 3.12. The van der Waals surface area contributed by atoms with E-state index in [0.717, 1.165) is 3.58 Å². The van der Waals surface area contributed by atoms with E-state index in [0.29, 0.717) is 0 Å². The molecule has 11 heavy (non-hydrogen) atoms. The second kappa shape index (κ2) is 3.56. The van der Waals surface area contributed by atoms with E-state index in [4.69, 9.17) is 0 Å². The molecular formula is C6H5NO3Sn. The quantitative estimate of drug-likeness (QED) is 0.426. The third kappa shape index (κ3) is 2.07. The molecule has 0 saturated heterocycles. The van der Waals surface area contributed by atoms with E-state index in [-0.39, 0.29) is 5.69 Å². The van der Waals surface area contributed by atoms with E-state index in [1.165, 1.54) is 12.1 Å². The fourth-order valence-corrected chi connectivity index (χ4v) is 1.67. The van der Waals surface area contributed by atoms with Gasteiger partial charge in [0.15, 0.2) is 0 Å². The molecule has 0 N–H and O–H groups in total. The van der Waals surface area contributed by atoms with Crippen LogP contribution in [0.2, 0.25) is 0 Å². The molecule has 0 aliphatic carbocycles. The van der Waals surface area contributed by atoms with Gasteiger partial charge in [-0.1, -0.05) is 0 Å². The molecule has 5 heteroatoms. The van der Waals surface area contributed by atoms with Crippen LogP contribution < -0.4 is 3.58 Å². The Morgan fingerprint density at radius 2 is 1.82 bits per heavy atom. The van der Waals surface area contributed by atoms with Crippen molar-refractivity contribution in [1.82, 2.24) is 0 Å². The molecule has 4 nitrogen and oxygen atoms in total. The first-order chi connectivity index (χ1) is 5.24. The van der Waals surface area contributed by atoms with Crippen molar-refractivity contribution < 1.29 is 8.00 Å². The van der Waals surface area contributed by atoms with Gasteiger partial charge in [-0.15, -0.1) is 0 Å². The molecular weight excluding hydrogens is 253 g/mol. The summed E-state index contributed by atoms with van der Waals surface area (Å²) in [4.78, 5) is 9.67. The number of non-ortho nitro benzene ring substituents is 1. The molecule has 0 saturated carbocycles. The summed E-state index contributed by atoms with van der Waals surface area (Å²) in [6, 6.07) is 5.84. The van der Waals surface area contributed by atoms with Crippen molar-refractivity contribution in [2.24, 2.45) is 0 Å². The molecule has 0 aliphatic heterocycles. The Kier molecular flexibility index (Phi) is 2.69. The number of hydrogen-bond acceptors (Lipinski definition) is 3. The van der Waals surface area contributed by atoms with Crippen molar-refractivity contribution in [1.29, 1.82) is 0 Å². The van der Waals surface area contributed by atoms with Crippen LogP contribution in [-0.2, 0) is 3.08 Å². The maximum atomic E-state index is 10.4. The van der Waals surface area contributed by atoms with E-state index < -0.39 is 26.1 Å². The number of benzene rings is 1. The Morgan fingerprint density at radius 1 is 1.27 bits per heavy atom. The average Bonchev–Trinajstić information content (AvgIpc) is 2.05. The molecule has 0 aromatic heterocycles. The minimum atomic E-state index is -1.82. The zero-order valence-corrected chi connectivity index (χ0v) is 8.85. The summed E-state index contributed by atoms with van der Waals surface area (Å²) in [5, 5.41) is 10.1. The van der Waals surface area contributed by atoms with Crippen molar-refractivity contribution in [2.45, 2.75) is 0 Å². The Morgan fingerprint density at radius 3 is 2.18 bits per heavy atom. The van der Waals surface area contributed by atoms with Gasteiger partial charge >= 0.3 is 72.8 Å².